The first-order chi connectivity index (χ1) is 6.02. The number of carbonyl (C=O) groups excluding carboxylic acids is 1. The number of nitrogens with two attached hydrogens (primary N) is 1. The third-order valence-electron chi connectivity index (χ3n) is 2.58. The van der Waals surface area contributed by atoms with Gasteiger partial charge in [0.25, 0.3) is 0 Å². The molecule has 0 aromatic heterocycles. The van der Waals surface area contributed by atoms with E-state index in [1.807, 2.05) is 11.9 Å². The smallest absolute Gasteiger partial charge is 0.227 e. The molecule has 3 nitrogen and oxygen atoms in total. The molecule has 0 saturated heterocycles. The molecule has 76 valence electrons. The molecule has 0 heterocycles. The van der Waals surface area contributed by atoms with E-state index in [0.29, 0.717) is 5.92 Å². The zero-order valence-corrected chi connectivity index (χ0v) is 8.79. The number of rotatable bonds is 4. The van der Waals surface area contributed by atoms with Crippen molar-refractivity contribution in [1.82, 2.24) is 4.90 Å². The lowest BCUT2D eigenvalue weighted by molar-refractivity contribution is -0.131. The number of hydrogen-bond donors (Lipinski definition) is 1. The molecule has 1 aliphatic rings. The Balaban J connectivity index is 2.23. The second-order valence-electron chi connectivity index (χ2n) is 4.45. The van der Waals surface area contributed by atoms with Crippen molar-refractivity contribution in [2.75, 3.05) is 13.6 Å². The number of amides is 1. The van der Waals surface area contributed by atoms with E-state index >= 15 is 0 Å². The summed E-state index contributed by atoms with van der Waals surface area (Å²) in [4.78, 5) is 13.4. The Kier molecular flexibility index (Phi) is 3.31. The lowest BCUT2D eigenvalue weighted by Crippen LogP contribution is -2.31. The van der Waals surface area contributed by atoms with E-state index < -0.39 is 0 Å². The third kappa shape index (κ3) is 2.99. The molecule has 1 saturated carbocycles. The molecule has 0 aromatic carbocycles. The van der Waals surface area contributed by atoms with Crippen LogP contribution < -0.4 is 5.73 Å². The second kappa shape index (κ2) is 4.09. The first-order valence-electron chi connectivity index (χ1n) is 5.03. The zero-order chi connectivity index (χ0) is 10.0. The molecule has 1 aliphatic carbocycles. The molecule has 0 aromatic rings. The molecule has 2 N–H and O–H groups in total. The van der Waals surface area contributed by atoms with Gasteiger partial charge in [-0.05, 0) is 18.8 Å². The third-order valence-corrected chi connectivity index (χ3v) is 2.58. The van der Waals surface area contributed by atoms with Gasteiger partial charge in [0.15, 0.2) is 0 Å². The van der Waals surface area contributed by atoms with E-state index in [1.165, 1.54) is 0 Å². The predicted octanol–water partition coefficient (Wildman–Crippen LogP) is 0.838. The molecule has 1 fully saturated rings. The van der Waals surface area contributed by atoms with Gasteiger partial charge < -0.3 is 10.6 Å². The summed E-state index contributed by atoms with van der Waals surface area (Å²) in [6.45, 7) is 5.20. The van der Waals surface area contributed by atoms with Gasteiger partial charge in [-0.2, -0.15) is 0 Å². The van der Waals surface area contributed by atoms with Crippen molar-refractivity contribution in [3.05, 3.63) is 0 Å². The molecular weight excluding hydrogens is 164 g/mol. The highest BCUT2D eigenvalue weighted by atomic mass is 16.2. The lowest BCUT2D eigenvalue weighted by atomic mass is 10.1. The Morgan fingerprint density at radius 1 is 1.62 bits per heavy atom. The van der Waals surface area contributed by atoms with Crippen molar-refractivity contribution >= 4 is 5.91 Å². The highest BCUT2D eigenvalue weighted by Crippen LogP contribution is 2.29. The quantitative estimate of drug-likeness (QED) is 0.703. The Labute approximate surface area is 80.3 Å². The molecule has 0 aliphatic heterocycles. The highest BCUT2D eigenvalue weighted by molar-refractivity contribution is 5.82. The van der Waals surface area contributed by atoms with Crippen LogP contribution in [0.2, 0.25) is 0 Å². The van der Waals surface area contributed by atoms with Gasteiger partial charge in [0, 0.05) is 19.6 Å². The van der Waals surface area contributed by atoms with Crippen molar-refractivity contribution in [3.63, 3.8) is 0 Å². The van der Waals surface area contributed by atoms with E-state index in [9.17, 15) is 4.79 Å². The fourth-order valence-corrected chi connectivity index (χ4v) is 1.34. The molecule has 0 radical (unpaired) electrons. The molecule has 3 heteroatoms. The maximum Gasteiger partial charge on any atom is 0.227 e. The van der Waals surface area contributed by atoms with E-state index in [1.54, 1.807) is 0 Å². The van der Waals surface area contributed by atoms with Gasteiger partial charge in [0.1, 0.15) is 0 Å². The van der Waals surface area contributed by atoms with Gasteiger partial charge in [0.2, 0.25) is 5.91 Å². The standard InChI is InChI=1S/C10H20N2O/c1-7(2)4-5-12(3)10(13)8-6-9(8)11/h7-9H,4-6,11H2,1-3H3. The average molecular weight is 184 g/mol. The first kappa shape index (κ1) is 10.5. The summed E-state index contributed by atoms with van der Waals surface area (Å²) >= 11 is 0. The van der Waals surface area contributed by atoms with E-state index in [0.717, 1.165) is 19.4 Å². The predicted molar refractivity (Wildman–Crippen MR) is 53.2 cm³/mol. The molecular formula is C10H20N2O. The summed E-state index contributed by atoms with van der Waals surface area (Å²) in [5, 5.41) is 0. The average Bonchev–Trinajstić information content (AvgIpc) is 2.77. The van der Waals surface area contributed by atoms with E-state index in [4.69, 9.17) is 5.73 Å². The summed E-state index contributed by atoms with van der Waals surface area (Å²) < 4.78 is 0. The van der Waals surface area contributed by atoms with Crippen molar-refractivity contribution in [2.45, 2.75) is 32.7 Å². The number of hydrogen-bond acceptors (Lipinski definition) is 2. The van der Waals surface area contributed by atoms with Crippen LogP contribution in [0.5, 0.6) is 0 Å². The van der Waals surface area contributed by atoms with Gasteiger partial charge in [-0.15, -0.1) is 0 Å². The highest BCUT2D eigenvalue weighted by Gasteiger charge is 2.41. The molecule has 2 unspecified atom stereocenters. The van der Waals surface area contributed by atoms with Crippen LogP contribution >= 0.6 is 0 Å². The van der Waals surface area contributed by atoms with Gasteiger partial charge in [-0.3, -0.25) is 4.79 Å². The first-order valence-corrected chi connectivity index (χ1v) is 5.03. The maximum absolute atomic E-state index is 11.6. The maximum atomic E-state index is 11.6. The molecule has 0 spiro atoms. The molecule has 0 bridgehead atoms. The second-order valence-corrected chi connectivity index (χ2v) is 4.45. The molecule has 2 atom stereocenters. The Morgan fingerprint density at radius 3 is 2.54 bits per heavy atom. The summed E-state index contributed by atoms with van der Waals surface area (Å²) in [7, 11) is 1.87. The van der Waals surface area contributed by atoms with Crippen molar-refractivity contribution < 1.29 is 4.79 Å². The molecule has 1 rings (SSSR count). The van der Waals surface area contributed by atoms with Crippen LogP contribution in [0.4, 0.5) is 0 Å². The zero-order valence-electron chi connectivity index (χ0n) is 8.79. The van der Waals surface area contributed by atoms with Gasteiger partial charge in [0.05, 0.1) is 5.92 Å². The Hall–Kier alpha value is -0.570. The van der Waals surface area contributed by atoms with Gasteiger partial charge in [-0.25, -0.2) is 0 Å². The Morgan fingerprint density at radius 2 is 2.15 bits per heavy atom. The largest absolute Gasteiger partial charge is 0.345 e. The molecule has 1 amide bonds. The van der Waals surface area contributed by atoms with Crippen LogP contribution in [-0.4, -0.2) is 30.4 Å². The normalized spacial score (nSPS) is 26.2. The van der Waals surface area contributed by atoms with Crippen LogP contribution in [0.15, 0.2) is 0 Å². The van der Waals surface area contributed by atoms with Crippen molar-refractivity contribution in [1.29, 1.82) is 0 Å². The van der Waals surface area contributed by atoms with Crippen LogP contribution in [0, 0.1) is 11.8 Å². The van der Waals surface area contributed by atoms with Gasteiger partial charge in [-0.1, -0.05) is 13.8 Å². The van der Waals surface area contributed by atoms with Crippen LogP contribution in [0.25, 0.3) is 0 Å². The van der Waals surface area contributed by atoms with Gasteiger partial charge >= 0.3 is 0 Å². The number of nitrogens with zero attached hydrogens (tertiary/aromatic N) is 1. The van der Waals surface area contributed by atoms with Crippen LogP contribution in [0.1, 0.15) is 26.7 Å². The fraction of sp³-hybridized carbons (Fsp3) is 0.900. The summed E-state index contributed by atoms with van der Waals surface area (Å²) in [5.74, 6) is 1.01. The summed E-state index contributed by atoms with van der Waals surface area (Å²) in [6.07, 6.45) is 1.95. The number of carbonyl (C=O) groups is 1. The summed E-state index contributed by atoms with van der Waals surface area (Å²) in [6, 6.07) is 0.133. The minimum Gasteiger partial charge on any atom is -0.345 e. The topological polar surface area (TPSA) is 46.3 Å². The SMILES string of the molecule is CC(C)CCN(C)C(=O)C1CC1N. The van der Waals surface area contributed by atoms with Crippen LogP contribution in [-0.2, 0) is 4.79 Å². The Bertz CT molecular complexity index is 191. The fourth-order valence-electron chi connectivity index (χ4n) is 1.34. The minimum atomic E-state index is 0.122. The van der Waals surface area contributed by atoms with Crippen LogP contribution in [0.3, 0.4) is 0 Å². The minimum absolute atomic E-state index is 0.122. The summed E-state index contributed by atoms with van der Waals surface area (Å²) in [5.41, 5.74) is 5.61. The van der Waals surface area contributed by atoms with E-state index in [2.05, 4.69) is 13.8 Å². The van der Waals surface area contributed by atoms with E-state index in [-0.39, 0.29) is 17.9 Å². The lowest BCUT2D eigenvalue weighted by Gasteiger charge is -2.18. The monoisotopic (exact) mass is 184 g/mol. The molecule has 13 heavy (non-hydrogen) atoms. The van der Waals surface area contributed by atoms with Crippen molar-refractivity contribution in [3.8, 4) is 0 Å². The van der Waals surface area contributed by atoms with Crippen molar-refractivity contribution in [2.24, 2.45) is 17.6 Å².